The molecule has 2 atom stereocenters. The minimum atomic E-state index is -4.40. The quantitative estimate of drug-likeness (QED) is 0.614. The number of alkyl halides is 3. The first-order valence-corrected chi connectivity index (χ1v) is 10.7. The van der Waals surface area contributed by atoms with E-state index in [-0.39, 0.29) is 18.1 Å². The molecule has 2 heterocycles. The Kier molecular flexibility index (Phi) is 7.49. The van der Waals surface area contributed by atoms with E-state index < -0.39 is 17.8 Å². The first kappa shape index (κ1) is 23.4. The molecule has 0 amide bonds. The average Bonchev–Trinajstić information content (AvgIpc) is 2.73. The Balaban J connectivity index is 1.77. The van der Waals surface area contributed by atoms with Crippen molar-refractivity contribution in [2.24, 2.45) is 5.92 Å². The summed E-state index contributed by atoms with van der Waals surface area (Å²) in [7, 11) is 0. The number of hydrogen-bond donors (Lipinski definition) is 1. The molecule has 7 heteroatoms. The van der Waals surface area contributed by atoms with Gasteiger partial charge < -0.3 is 10.0 Å². The van der Waals surface area contributed by atoms with Crippen LogP contribution in [0.25, 0.3) is 11.3 Å². The van der Waals surface area contributed by atoms with E-state index in [4.69, 9.17) is 0 Å². The Morgan fingerprint density at radius 3 is 2.35 bits per heavy atom. The monoisotopic (exact) mass is 434 g/mol. The summed E-state index contributed by atoms with van der Waals surface area (Å²) in [6.45, 7) is 6.13. The maximum Gasteiger partial charge on any atom is 0.416 e. The minimum absolute atomic E-state index is 0.0958. The molecule has 4 nitrogen and oxygen atoms in total. The van der Waals surface area contributed by atoms with E-state index in [0.717, 1.165) is 38.1 Å². The summed E-state index contributed by atoms with van der Waals surface area (Å²) < 4.78 is 38.5. The van der Waals surface area contributed by atoms with E-state index in [1.165, 1.54) is 18.6 Å². The van der Waals surface area contributed by atoms with Gasteiger partial charge in [-0.25, -0.2) is 0 Å². The lowest BCUT2D eigenvalue weighted by atomic mass is 9.92. The lowest BCUT2D eigenvalue weighted by molar-refractivity contribution is -0.137. The van der Waals surface area contributed by atoms with E-state index >= 15 is 0 Å². The Morgan fingerprint density at radius 1 is 1.13 bits per heavy atom. The zero-order valence-corrected chi connectivity index (χ0v) is 18.0. The van der Waals surface area contributed by atoms with E-state index in [1.54, 1.807) is 26.0 Å². The van der Waals surface area contributed by atoms with Crippen LogP contribution in [-0.4, -0.2) is 46.5 Å². The highest BCUT2D eigenvalue weighted by molar-refractivity contribution is 5.97. The van der Waals surface area contributed by atoms with Crippen molar-refractivity contribution < 1.29 is 23.1 Å². The van der Waals surface area contributed by atoms with Gasteiger partial charge >= 0.3 is 6.18 Å². The average molecular weight is 435 g/mol. The number of hydrogen-bond acceptors (Lipinski definition) is 4. The summed E-state index contributed by atoms with van der Waals surface area (Å²) in [4.78, 5) is 19.7. The summed E-state index contributed by atoms with van der Waals surface area (Å²) in [5.74, 6) is -0.268. The molecule has 1 aliphatic heterocycles. The van der Waals surface area contributed by atoms with Gasteiger partial charge in [-0.2, -0.15) is 13.2 Å². The number of aliphatic hydroxyl groups excluding tert-OH is 1. The number of aryl methyl sites for hydroxylation is 1. The predicted octanol–water partition coefficient (Wildman–Crippen LogP) is 5.13. The van der Waals surface area contributed by atoms with Crippen LogP contribution in [-0.2, 0) is 6.18 Å². The van der Waals surface area contributed by atoms with Gasteiger partial charge in [0.1, 0.15) is 0 Å². The van der Waals surface area contributed by atoms with Crippen LogP contribution in [0.1, 0.15) is 54.2 Å². The molecule has 0 saturated carbocycles. The largest absolute Gasteiger partial charge is 0.416 e. The fourth-order valence-electron chi connectivity index (χ4n) is 4.02. The molecule has 168 valence electrons. The Bertz CT molecular complexity index is 889. The van der Waals surface area contributed by atoms with Gasteiger partial charge in [0.25, 0.3) is 0 Å². The fourth-order valence-corrected chi connectivity index (χ4v) is 4.02. The molecule has 2 aromatic rings. The number of nitrogens with zero attached hydrogens (tertiary/aromatic N) is 2. The molecule has 0 bridgehead atoms. The second kappa shape index (κ2) is 9.92. The highest BCUT2D eigenvalue weighted by atomic mass is 19.4. The van der Waals surface area contributed by atoms with Gasteiger partial charge in [0.2, 0.25) is 0 Å². The van der Waals surface area contributed by atoms with Gasteiger partial charge in [-0.15, -0.1) is 0 Å². The molecule has 1 aromatic carbocycles. The van der Waals surface area contributed by atoms with Crippen LogP contribution < -0.4 is 0 Å². The van der Waals surface area contributed by atoms with Crippen LogP contribution in [0.3, 0.4) is 0 Å². The van der Waals surface area contributed by atoms with Gasteiger partial charge in [-0.05, 0) is 64.0 Å². The van der Waals surface area contributed by atoms with E-state index in [0.29, 0.717) is 29.1 Å². The predicted molar refractivity (Wildman–Crippen MR) is 114 cm³/mol. The number of ketones is 1. The third-order valence-electron chi connectivity index (χ3n) is 5.85. The summed E-state index contributed by atoms with van der Waals surface area (Å²) in [6.07, 6.45) is -1.30. The van der Waals surface area contributed by atoms with Crippen LogP contribution >= 0.6 is 0 Å². The number of piperidine rings is 1. The number of benzene rings is 1. The number of carbonyl (C=O) groups is 1. The topological polar surface area (TPSA) is 53.4 Å². The van der Waals surface area contributed by atoms with Crippen molar-refractivity contribution in [2.75, 3.05) is 19.6 Å². The normalized spacial score (nSPS) is 17.4. The summed E-state index contributed by atoms with van der Waals surface area (Å²) in [5, 5.41) is 10.2. The number of pyridine rings is 1. The molecule has 3 rings (SSSR count). The van der Waals surface area contributed by atoms with Crippen LogP contribution in [0.2, 0.25) is 0 Å². The summed E-state index contributed by atoms with van der Waals surface area (Å²) in [5.41, 5.74) is 1.34. The molecule has 0 radical (unpaired) electrons. The van der Waals surface area contributed by atoms with Gasteiger partial charge in [0, 0.05) is 35.7 Å². The standard InChI is InChI=1S/C24H29F3N2O2/c1-16-12-19(13-22(28-16)18-6-8-21(9-7-18)24(25,26)27)23(31)14-20(17(2)30)15-29-10-4-3-5-11-29/h6-9,12-13,17,20,30H,3-5,10-11,14-15H2,1-2H3/t17?,20-/m1/s1. The van der Waals surface area contributed by atoms with Crippen molar-refractivity contribution in [1.29, 1.82) is 0 Å². The zero-order valence-electron chi connectivity index (χ0n) is 18.0. The van der Waals surface area contributed by atoms with Crippen LogP contribution in [0, 0.1) is 12.8 Å². The molecule has 0 spiro atoms. The molecular weight excluding hydrogens is 405 g/mol. The summed E-state index contributed by atoms with van der Waals surface area (Å²) >= 11 is 0. The zero-order chi connectivity index (χ0) is 22.6. The number of aromatic nitrogens is 1. The number of rotatable bonds is 7. The molecule has 31 heavy (non-hydrogen) atoms. The second-order valence-electron chi connectivity index (χ2n) is 8.45. The van der Waals surface area contributed by atoms with Crippen LogP contribution in [0.4, 0.5) is 13.2 Å². The number of halogens is 3. The lowest BCUT2D eigenvalue weighted by Crippen LogP contribution is -2.38. The van der Waals surface area contributed by atoms with Crippen molar-refractivity contribution in [3.63, 3.8) is 0 Å². The second-order valence-corrected chi connectivity index (χ2v) is 8.45. The molecular formula is C24H29F3N2O2. The van der Waals surface area contributed by atoms with E-state index in [1.807, 2.05) is 0 Å². The number of likely N-dealkylation sites (tertiary alicyclic amines) is 1. The number of Topliss-reactive ketones (excluding diaryl/α,β-unsaturated/α-hetero) is 1. The first-order chi connectivity index (χ1) is 14.6. The lowest BCUT2D eigenvalue weighted by Gasteiger charge is -2.31. The highest BCUT2D eigenvalue weighted by Crippen LogP contribution is 2.31. The Morgan fingerprint density at radius 2 is 1.77 bits per heavy atom. The smallest absolute Gasteiger partial charge is 0.393 e. The van der Waals surface area contributed by atoms with E-state index in [9.17, 15) is 23.1 Å². The number of aliphatic hydroxyl groups is 1. The van der Waals surface area contributed by atoms with Crippen LogP contribution in [0.5, 0.6) is 0 Å². The van der Waals surface area contributed by atoms with Gasteiger partial charge in [-0.3, -0.25) is 9.78 Å². The van der Waals surface area contributed by atoms with Gasteiger partial charge in [0.15, 0.2) is 5.78 Å². The maximum atomic E-state index is 13.0. The molecule has 1 unspecified atom stereocenters. The summed E-state index contributed by atoms with van der Waals surface area (Å²) in [6, 6.07) is 8.08. The Labute approximate surface area is 181 Å². The minimum Gasteiger partial charge on any atom is -0.393 e. The molecule has 1 fully saturated rings. The molecule has 0 aliphatic carbocycles. The third-order valence-corrected chi connectivity index (χ3v) is 5.85. The van der Waals surface area contributed by atoms with Crippen molar-refractivity contribution in [3.05, 3.63) is 53.2 Å². The third kappa shape index (κ3) is 6.37. The van der Waals surface area contributed by atoms with Crippen molar-refractivity contribution >= 4 is 5.78 Å². The molecule has 1 saturated heterocycles. The van der Waals surface area contributed by atoms with Crippen molar-refractivity contribution in [3.8, 4) is 11.3 Å². The maximum absolute atomic E-state index is 13.0. The van der Waals surface area contributed by atoms with E-state index in [2.05, 4.69) is 9.88 Å². The Hall–Kier alpha value is -2.25. The molecule has 1 N–H and O–H groups in total. The first-order valence-electron chi connectivity index (χ1n) is 10.7. The van der Waals surface area contributed by atoms with Crippen LogP contribution in [0.15, 0.2) is 36.4 Å². The van der Waals surface area contributed by atoms with Gasteiger partial charge in [0.05, 0.1) is 17.4 Å². The molecule has 1 aromatic heterocycles. The highest BCUT2D eigenvalue weighted by Gasteiger charge is 2.30. The molecule has 1 aliphatic rings. The van der Waals surface area contributed by atoms with Crippen molar-refractivity contribution in [2.45, 2.75) is 51.8 Å². The van der Waals surface area contributed by atoms with Gasteiger partial charge in [-0.1, -0.05) is 18.6 Å². The fraction of sp³-hybridized carbons (Fsp3) is 0.500. The number of carbonyl (C=O) groups excluding carboxylic acids is 1. The van der Waals surface area contributed by atoms with Crippen molar-refractivity contribution in [1.82, 2.24) is 9.88 Å². The SMILES string of the molecule is Cc1cc(C(=O)C[C@H](CN2CCCCC2)C(C)O)cc(-c2ccc(C(F)(F)F)cc2)n1.